The largest absolute Gasteiger partial charge is 0.493 e. The van der Waals surface area contributed by atoms with Crippen LogP contribution in [0, 0.1) is 13.8 Å². The number of aryl methyl sites for hydroxylation is 2. The third-order valence-electron chi connectivity index (χ3n) is 4.79. The molecule has 0 aliphatic heterocycles. The van der Waals surface area contributed by atoms with E-state index >= 15 is 0 Å². The van der Waals surface area contributed by atoms with Crippen molar-refractivity contribution < 1.29 is 45.9 Å². The van der Waals surface area contributed by atoms with E-state index in [2.05, 4.69) is 19.8 Å². The van der Waals surface area contributed by atoms with E-state index in [1.807, 2.05) is 0 Å². The molecule has 3 rings (SSSR count). The molecule has 2 heterocycles. The number of rotatable bonds is 4. The number of aromatic nitrogens is 3. The second-order valence-corrected chi connectivity index (χ2v) is 8.52. The number of carbonyl (C=O) groups is 2. The van der Waals surface area contributed by atoms with Crippen molar-refractivity contribution >= 4 is 29.0 Å². The van der Waals surface area contributed by atoms with Crippen molar-refractivity contribution in [2.45, 2.75) is 31.8 Å². The molecule has 0 bridgehead atoms. The van der Waals surface area contributed by atoms with Crippen LogP contribution < -0.4 is 11.2 Å². The van der Waals surface area contributed by atoms with Crippen LogP contribution in [0.4, 0.5) is 32.2 Å². The molecule has 0 aliphatic carbocycles. The van der Waals surface area contributed by atoms with Crippen molar-refractivity contribution in [2.75, 3.05) is 5.73 Å². The summed E-state index contributed by atoms with van der Waals surface area (Å²) in [6.45, 7) is 3.22. The predicted molar refractivity (Wildman–Crippen MR) is 113 cm³/mol. The summed E-state index contributed by atoms with van der Waals surface area (Å²) in [6, 6.07) is 2.61. The van der Waals surface area contributed by atoms with Gasteiger partial charge in [0.15, 0.2) is 5.82 Å². The number of carbonyl (C=O) groups excluding carboxylic acids is 2. The number of nitrogens with one attached hydrogen (secondary N) is 1. The fraction of sp³-hybridized carbons (Fsp3) is 0.250. The highest BCUT2D eigenvalue weighted by atomic mass is 32.1. The van der Waals surface area contributed by atoms with E-state index in [9.17, 15) is 41.0 Å². The molecule has 2 aromatic heterocycles. The van der Waals surface area contributed by atoms with Crippen LogP contribution >= 0.6 is 11.3 Å². The fourth-order valence-corrected chi connectivity index (χ4v) is 3.73. The smallest absolute Gasteiger partial charge is 0.382 e. The first kappa shape index (κ1) is 26.8. The van der Waals surface area contributed by atoms with Crippen molar-refractivity contribution in [1.82, 2.24) is 20.4 Å². The number of anilines is 1. The number of thiazole rings is 1. The van der Waals surface area contributed by atoms with Crippen LogP contribution in [0.3, 0.4) is 0 Å². The van der Waals surface area contributed by atoms with Crippen molar-refractivity contribution in [1.29, 1.82) is 0 Å². The molecule has 4 N–H and O–H groups in total. The van der Waals surface area contributed by atoms with Gasteiger partial charge in [0.1, 0.15) is 5.69 Å². The Hall–Kier alpha value is -3.79. The highest BCUT2D eigenvalue weighted by Gasteiger charge is 2.61. The molecule has 1 amide bonds. The molecule has 0 saturated carbocycles. The van der Waals surface area contributed by atoms with Crippen LogP contribution in [0.2, 0.25) is 0 Å². The van der Waals surface area contributed by atoms with Crippen molar-refractivity contribution in [2.24, 2.45) is 0 Å². The Balaban J connectivity index is 2.07. The maximum Gasteiger partial charge on any atom is 0.493 e. The lowest BCUT2D eigenvalue weighted by Gasteiger charge is -2.29. The average Bonchev–Trinajstić information content (AvgIpc) is 3.22. The number of amides is 1. The van der Waals surface area contributed by atoms with Crippen LogP contribution in [0.5, 0.6) is 0 Å². The number of hydrogen-bond donors (Lipinski definition) is 3. The van der Waals surface area contributed by atoms with E-state index in [4.69, 9.17) is 5.73 Å². The number of halogens is 6. The third kappa shape index (κ3) is 5.08. The zero-order chi connectivity index (χ0) is 27.1. The van der Waals surface area contributed by atoms with Crippen LogP contribution in [-0.2, 0) is 20.0 Å². The molecule has 9 nitrogen and oxygen atoms in total. The Bertz CT molecular complexity index is 1330. The SMILES string of the molecule is Cc1ncc(-c2nc(-c3cc(C(O)(C(=O)NOC(=O)C(F)(F)F)C(F)(F)F)ccc3C)cnc2N)s1. The molecule has 1 atom stereocenters. The number of alkyl halides is 6. The summed E-state index contributed by atoms with van der Waals surface area (Å²) in [7, 11) is 0. The molecule has 3 aromatic rings. The molecular weight excluding hydrogens is 520 g/mol. The lowest BCUT2D eigenvalue weighted by molar-refractivity contribution is -0.262. The predicted octanol–water partition coefficient (Wildman–Crippen LogP) is 3.35. The molecule has 1 unspecified atom stereocenters. The fourth-order valence-electron chi connectivity index (χ4n) is 2.95. The molecule has 0 fully saturated rings. The second kappa shape index (κ2) is 9.34. The van der Waals surface area contributed by atoms with E-state index in [0.717, 1.165) is 29.9 Å². The molecular formula is C20H15F6N5O4S. The Morgan fingerprint density at radius 3 is 2.31 bits per heavy atom. The molecule has 16 heteroatoms. The molecule has 192 valence electrons. The van der Waals surface area contributed by atoms with E-state index in [1.54, 1.807) is 6.92 Å². The summed E-state index contributed by atoms with van der Waals surface area (Å²) in [5.74, 6) is -5.46. The summed E-state index contributed by atoms with van der Waals surface area (Å²) in [6.07, 6.45) is -8.73. The first-order valence-corrected chi connectivity index (χ1v) is 10.4. The van der Waals surface area contributed by atoms with Gasteiger partial charge in [0.25, 0.3) is 11.5 Å². The van der Waals surface area contributed by atoms with E-state index in [0.29, 0.717) is 15.4 Å². The minimum Gasteiger partial charge on any atom is -0.382 e. The van der Waals surface area contributed by atoms with E-state index in [-0.39, 0.29) is 22.8 Å². The minimum absolute atomic E-state index is 0.00821. The van der Waals surface area contributed by atoms with Crippen LogP contribution in [0.25, 0.3) is 21.8 Å². The molecule has 1 aromatic carbocycles. The zero-order valence-corrected chi connectivity index (χ0v) is 19.0. The van der Waals surface area contributed by atoms with Crippen molar-refractivity contribution in [3.05, 3.63) is 46.7 Å². The normalized spacial score (nSPS) is 13.7. The zero-order valence-electron chi connectivity index (χ0n) is 18.2. The van der Waals surface area contributed by atoms with Crippen molar-refractivity contribution in [3.63, 3.8) is 0 Å². The van der Waals surface area contributed by atoms with Gasteiger partial charge in [-0.25, -0.2) is 19.7 Å². The Morgan fingerprint density at radius 1 is 1.08 bits per heavy atom. The topological polar surface area (TPSA) is 140 Å². The van der Waals surface area contributed by atoms with Crippen molar-refractivity contribution in [3.8, 4) is 21.8 Å². The third-order valence-corrected chi connectivity index (χ3v) is 5.71. The standard InChI is InChI=1S/C20H15F6N5O4S/c1-8-3-4-10(18(34,20(24,25)26)16(32)31-35-17(33)19(21,22)23)5-11(8)12-6-29-15(27)14(30-12)13-7-28-9(2)36-13/h3-7,34H,1-2H3,(H2,27,29)(H,31,32). The van der Waals surface area contributed by atoms with Crippen LogP contribution in [-0.4, -0.2) is 44.3 Å². The maximum absolute atomic E-state index is 13.9. The quantitative estimate of drug-likeness (QED) is 0.341. The number of nitrogen functional groups attached to an aromatic ring is 1. The van der Waals surface area contributed by atoms with Gasteiger partial charge in [0.05, 0.1) is 21.8 Å². The molecule has 0 saturated heterocycles. The van der Waals surface area contributed by atoms with Gasteiger partial charge >= 0.3 is 18.3 Å². The lowest BCUT2D eigenvalue weighted by Crippen LogP contribution is -2.55. The summed E-state index contributed by atoms with van der Waals surface area (Å²) >= 11 is 1.23. The Labute approximate surface area is 201 Å². The highest BCUT2D eigenvalue weighted by Crippen LogP contribution is 2.41. The van der Waals surface area contributed by atoms with E-state index < -0.39 is 35.4 Å². The van der Waals surface area contributed by atoms with Crippen LogP contribution in [0.1, 0.15) is 16.1 Å². The summed E-state index contributed by atoms with van der Waals surface area (Å²) in [5, 5.41) is 11.1. The van der Waals surface area contributed by atoms with Gasteiger partial charge in [0, 0.05) is 17.3 Å². The first-order chi connectivity index (χ1) is 16.6. The molecule has 0 radical (unpaired) electrons. The Morgan fingerprint density at radius 2 is 1.75 bits per heavy atom. The number of hydrogen-bond acceptors (Lipinski definition) is 9. The monoisotopic (exact) mass is 535 g/mol. The number of hydroxylamine groups is 1. The maximum atomic E-state index is 13.9. The minimum atomic E-state index is -5.74. The summed E-state index contributed by atoms with van der Waals surface area (Å²) in [4.78, 5) is 39.3. The van der Waals surface area contributed by atoms with Gasteiger partial charge in [-0.15, -0.1) is 11.3 Å². The average molecular weight is 535 g/mol. The summed E-state index contributed by atoms with van der Waals surface area (Å²) < 4.78 is 78.4. The second-order valence-electron chi connectivity index (χ2n) is 7.29. The Kier molecular flexibility index (Phi) is 6.96. The van der Waals surface area contributed by atoms with Crippen LogP contribution in [0.15, 0.2) is 30.6 Å². The number of benzene rings is 1. The first-order valence-electron chi connectivity index (χ1n) is 9.60. The highest BCUT2D eigenvalue weighted by molar-refractivity contribution is 7.15. The molecule has 0 spiro atoms. The lowest BCUT2D eigenvalue weighted by atomic mass is 9.89. The van der Waals surface area contributed by atoms with Gasteiger partial charge in [0.2, 0.25) is 0 Å². The van der Waals surface area contributed by atoms with Gasteiger partial charge in [-0.3, -0.25) is 4.79 Å². The van der Waals surface area contributed by atoms with E-state index in [1.165, 1.54) is 24.5 Å². The van der Waals surface area contributed by atoms with Gasteiger partial charge in [-0.05, 0) is 25.5 Å². The van der Waals surface area contributed by atoms with Gasteiger partial charge < -0.3 is 15.7 Å². The number of aliphatic hydroxyl groups is 1. The summed E-state index contributed by atoms with van der Waals surface area (Å²) in [5.41, 5.74) is 1.63. The number of nitrogens with two attached hydrogens (primary N) is 1. The molecule has 36 heavy (non-hydrogen) atoms. The number of nitrogens with zero attached hydrogens (tertiary/aromatic N) is 3. The van der Waals surface area contributed by atoms with Gasteiger partial charge in [-0.1, -0.05) is 12.1 Å². The van der Waals surface area contributed by atoms with Gasteiger partial charge in [-0.2, -0.15) is 31.8 Å². The molecule has 0 aliphatic rings.